The highest BCUT2D eigenvalue weighted by atomic mass is 35.5. The molecule has 0 bridgehead atoms. The molecule has 0 unspecified atom stereocenters. The first-order valence-electron chi connectivity index (χ1n) is 6.42. The molecule has 2 nitrogen and oxygen atoms in total. The van der Waals surface area contributed by atoms with Crippen LogP contribution in [0.1, 0.15) is 18.1 Å². The smallest absolute Gasteiger partial charge is 0.130 e. The largest absolute Gasteiger partial charge is 0.457 e. The minimum Gasteiger partial charge on any atom is -0.457 e. The minimum atomic E-state index is 0.728. The van der Waals surface area contributed by atoms with Gasteiger partial charge in [0.15, 0.2) is 0 Å². The lowest BCUT2D eigenvalue weighted by atomic mass is 10.2. The van der Waals surface area contributed by atoms with Crippen LogP contribution in [-0.2, 0) is 6.54 Å². The summed E-state index contributed by atoms with van der Waals surface area (Å²) in [6.07, 6.45) is 0. The van der Waals surface area contributed by atoms with Gasteiger partial charge in [-0.2, -0.15) is 0 Å². The first kappa shape index (κ1) is 13.9. The van der Waals surface area contributed by atoms with Crippen molar-refractivity contribution in [2.45, 2.75) is 20.4 Å². The van der Waals surface area contributed by atoms with Gasteiger partial charge < -0.3 is 10.1 Å². The molecule has 0 saturated heterocycles. The molecular weight excluding hydrogens is 258 g/mol. The van der Waals surface area contributed by atoms with Crippen LogP contribution in [0.5, 0.6) is 11.5 Å². The molecule has 3 heteroatoms. The zero-order valence-electron chi connectivity index (χ0n) is 11.2. The third-order valence-corrected chi connectivity index (χ3v) is 3.08. The molecule has 100 valence electrons. The Balaban J connectivity index is 2.14. The highest BCUT2D eigenvalue weighted by molar-refractivity contribution is 6.30. The van der Waals surface area contributed by atoms with Crippen LogP contribution < -0.4 is 10.1 Å². The van der Waals surface area contributed by atoms with Crippen molar-refractivity contribution in [3.05, 3.63) is 58.6 Å². The van der Waals surface area contributed by atoms with Crippen LogP contribution in [0.4, 0.5) is 0 Å². The number of ether oxygens (including phenoxy) is 1. The molecule has 0 saturated carbocycles. The van der Waals surface area contributed by atoms with E-state index in [0.717, 1.165) is 35.2 Å². The monoisotopic (exact) mass is 275 g/mol. The van der Waals surface area contributed by atoms with E-state index in [1.165, 1.54) is 5.56 Å². The molecule has 0 atom stereocenters. The second-order valence-electron chi connectivity index (χ2n) is 4.44. The van der Waals surface area contributed by atoms with Gasteiger partial charge in [-0.3, -0.25) is 0 Å². The molecule has 0 aromatic heterocycles. The highest BCUT2D eigenvalue weighted by Gasteiger charge is 2.03. The molecule has 0 aliphatic heterocycles. The molecule has 2 aromatic rings. The van der Waals surface area contributed by atoms with Crippen molar-refractivity contribution in [3.8, 4) is 11.5 Å². The molecule has 0 aliphatic carbocycles. The third-order valence-electron chi connectivity index (χ3n) is 2.84. The molecule has 19 heavy (non-hydrogen) atoms. The average Bonchev–Trinajstić information content (AvgIpc) is 2.40. The molecule has 0 fully saturated rings. The van der Waals surface area contributed by atoms with E-state index in [1.807, 2.05) is 37.3 Å². The van der Waals surface area contributed by atoms with E-state index in [4.69, 9.17) is 16.3 Å². The predicted molar refractivity (Wildman–Crippen MR) is 80.1 cm³/mol. The fourth-order valence-corrected chi connectivity index (χ4v) is 2.07. The second kappa shape index (κ2) is 6.60. The van der Waals surface area contributed by atoms with Crippen LogP contribution in [0, 0.1) is 6.92 Å². The van der Waals surface area contributed by atoms with Gasteiger partial charge in [0.1, 0.15) is 11.5 Å². The van der Waals surface area contributed by atoms with E-state index in [0.29, 0.717) is 0 Å². The van der Waals surface area contributed by atoms with Gasteiger partial charge in [-0.05, 0) is 54.9 Å². The number of halogens is 1. The van der Waals surface area contributed by atoms with Crippen molar-refractivity contribution < 1.29 is 4.74 Å². The van der Waals surface area contributed by atoms with Gasteiger partial charge in [-0.25, -0.2) is 0 Å². The van der Waals surface area contributed by atoms with Gasteiger partial charge in [0.2, 0.25) is 0 Å². The molecule has 0 aliphatic rings. The maximum absolute atomic E-state index is 5.94. The lowest BCUT2D eigenvalue weighted by Crippen LogP contribution is -2.11. The molecule has 2 aromatic carbocycles. The van der Waals surface area contributed by atoms with Crippen molar-refractivity contribution in [2.75, 3.05) is 6.54 Å². The number of hydrogen-bond donors (Lipinski definition) is 1. The maximum Gasteiger partial charge on any atom is 0.130 e. The van der Waals surface area contributed by atoms with Crippen molar-refractivity contribution in [2.24, 2.45) is 0 Å². The SMILES string of the molecule is CCNCc1cccc(Oc2ccc(Cl)cc2C)c1. The first-order chi connectivity index (χ1) is 9.19. The van der Waals surface area contributed by atoms with Crippen molar-refractivity contribution in [1.29, 1.82) is 0 Å². The van der Waals surface area contributed by atoms with Gasteiger partial charge in [0.05, 0.1) is 0 Å². The summed E-state index contributed by atoms with van der Waals surface area (Å²) in [5, 5.41) is 4.03. The lowest BCUT2D eigenvalue weighted by molar-refractivity contribution is 0.478. The van der Waals surface area contributed by atoms with Gasteiger partial charge in [0, 0.05) is 11.6 Å². The second-order valence-corrected chi connectivity index (χ2v) is 4.88. The van der Waals surface area contributed by atoms with Gasteiger partial charge in [0.25, 0.3) is 0 Å². The molecule has 0 heterocycles. The first-order valence-corrected chi connectivity index (χ1v) is 6.80. The van der Waals surface area contributed by atoms with Crippen molar-refractivity contribution >= 4 is 11.6 Å². The molecule has 0 amide bonds. The van der Waals surface area contributed by atoms with E-state index in [1.54, 1.807) is 0 Å². The number of hydrogen-bond acceptors (Lipinski definition) is 2. The van der Waals surface area contributed by atoms with Crippen LogP contribution in [0.2, 0.25) is 5.02 Å². The Morgan fingerprint density at radius 2 is 2.00 bits per heavy atom. The Morgan fingerprint density at radius 3 is 2.74 bits per heavy atom. The standard InChI is InChI=1S/C16H18ClNO/c1-3-18-11-13-5-4-6-15(10-13)19-16-8-7-14(17)9-12(16)2/h4-10,18H,3,11H2,1-2H3. The Hall–Kier alpha value is -1.51. The van der Waals surface area contributed by atoms with Gasteiger partial charge in [-0.1, -0.05) is 30.7 Å². The summed E-state index contributed by atoms with van der Waals surface area (Å²) in [5.41, 5.74) is 2.25. The van der Waals surface area contributed by atoms with E-state index in [9.17, 15) is 0 Å². The number of rotatable bonds is 5. The van der Waals surface area contributed by atoms with E-state index in [2.05, 4.69) is 24.4 Å². The summed E-state index contributed by atoms with van der Waals surface area (Å²) < 4.78 is 5.90. The van der Waals surface area contributed by atoms with Crippen molar-refractivity contribution in [3.63, 3.8) is 0 Å². The molecule has 0 spiro atoms. The normalized spacial score (nSPS) is 10.5. The molecule has 0 radical (unpaired) electrons. The fraction of sp³-hybridized carbons (Fsp3) is 0.250. The summed E-state index contributed by atoms with van der Waals surface area (Å²) in [7, 11) is 0. The Kier molecular flexibility index (Phi) is 4.83. The summed E-state index contributed by atoms with van der Waals surface area (Å²) >= 11 is 5.94. The molecule has 2 rings (SSSR count). The average molecular weight is 276 g/mol. The zero-order valence-corrected chi connectivity index (χ0v) is 12.0. The van der Waals surface area contributed by atoms with Crippen LogP contribution in [0.3, 0.4) is 0 Å². The van der Waals surface area contributed by atoms with E-state index >= 15 is 0 Å². The Morgan fingerprint density at radius 1 is 1.16 bits per heavy atom. The summed E-state index contributed by atoms with van der Waals surface area (Å²) in [4.78, 5) is 0. The van der Waals surface area contributed by atoms with E-state index in [-0.39, 0.29) is 0 Å². The number of aryl methyl sites for hydroxylation is 1. The van der Waals surface area contributed by atoms with Crippen LogP contribution >= 0.6 is 11.6 Å². The quantitative estimate of drug-likeness (QED) is 0.864. The maximum atomic E-state index is 5.94. The summed E-state index contributed by atoms with van der Waals surface area (Å²) in [6, 6.07) is 13.7. The van der Waals surface area contributed by atoms with Crippen LogP contribution in [-0.4, -0.2) is 6.54 Å². The van der Waals surface area contributed by atoms with Crippen LogP contribution in [0.15, 0.2) is 42.5 Å². The third kappa shape index (κ3) is 3.98. The van der Waals surface area contributed by atoms with Crippen LogP contribution in [0.25, 0.3) is 0 Å². The van der Waals surface area contributed by atoms with Gasteiger partial charge >= 0.3 is 0 Å². The van der Waals surface area contributed by atoms with Gasteiger partial charge in [-0.15, -0.1) is 0 Å². The van der Waals surface area contributed by atoms with Crippen molar-refractivity contribution in [1.82, 2.24) is 5.32 Å². The Labute approximate surface area is 119 Å². The Bertz CT molecular complexity index is 554. The zero-order chi connectivity index (χ0) is 13.7. The molecule has 1 N–H and O–H groups in total. The predicted octanol–water partition coefficient (Wildman–Crippen LogP) is 4.55. The lowest BCUT2D eigenvalue weighted by Gasteiger charge is -2.10. The summed E-state index contributed by atoms with van der Waals surface area (Å²) in [6.45, 7) is 5.90. The molecular formula is C16H18ClNO. The van der Waals surface area contributed by atoms with E-state index < -0.39 is 0 Å². The highest BCUT2D eigenvalue weighted by Crippen LogP contribution is 2.27. The topological polar surface area (TPSA) is 21.3 Å². The summed E-state index contributed by atoms with van der Waals surface area (Å²) in [5.74, 6) is 1.69. The number of nitrogens with one attached hydrogen (secondary N) is 1. The fourth-order valence-electron chi connectivity index (χ4n) is 1.84. The number of benzene rings is 2. The minimum absolute atomic E-state index is 0.728.